The molecule has 1 aromatic rings. The number of hydrogen-bond acceptors (Lipinski definition) is 3. The normalized spacial score (nSPS) is 20.7. The summed E-state index contributed by atoms with van der Waals surface area (Å²) in [6.07, 6.45) is 10.8. The minimum Gasteiger partial charge on any atom is -0.478 e. The zero-order valence-electron chi connectivity index (χ0n) is 13.8. The van der Waals surface area contributed by atoms with Gasteiger partial charge < -0.3 is 9.84 Å². The van der Waals surface area contributed by atoms with Crippen molar-refractivity contribution in [3.8, 4) is 0 Å². The predicted octanol–water partition coefficient (Wildman–Crippen LogP) is 4.47. The molecule has 128 valence electrons. The zero-order valence-corrected chi connectivity index (χ0v) is 13.8. The third kappa shape index (κ3) is 5.69. The van der Waals surface area contributed by atoms with E-state index in [1.54, 1.807) is 24.3 Å². The highest BCUT2D eigenvalue weighted by molar-refractivity contribution is 5.90. The molecule has 4 nitrogen and oxygen atoms in total. The number of carboxylic acid groups (broad SMARTS) is 1. The number of hydrogen-bond donors (Lipinski definition) is 1. The van der Waals surface area contributed by atoms with Crippen molar-refractivity contribution in [2.75, 3.05) is 0 Å². The van der Waals surface area contributed by atoms with Crippen LogP contribution in [-0.2, 0) is 9.53 Å². The lowest BCUT2D eigenvalue weighted by Gasteiger charge is -2.28. The second kappa shape index (κ2) is 9.06. The van der Waals surface area contributed by atoms with Gasteiger partial charge in [-0.3, -0.25) is 0 Å². The average molecular weight is 328 g/mol. The fourth-order valence-corrected chi connectivity index (χ4v) is 3.01. The highest BCUT2D eigenvalue weighted by Crippen LogP contribution is 2.30. The molecule has 0 bridgehead atoms. The molecule has 4 heteroatoms. The third-order valence-corrected chi connectivity index (χ3v) is 4.41. The number of carbonyl (C=O) groups is 2. The van der Waals surface area contributed by atoms with Crippen LogP contribution in [0, 0.1) is 5.92 Å². The summed E-state index contributed by atoms with van der Waals surface area (Å²) in [5.41, 5.74) is 1.23. The molecule has 0 saturated heterocycles. The number of carbonyl (C=O) groups excluding carboxylic acids is 1. The summed E-state index contributed by atoms with van der Waals surface area (Å²) in [4.78, 5) is 22.7. The molecule has 0 heterocycles. The molecule has 1 fully saturated rings. The molecule has 1 saturated carbocycles. The van der Waals surface area contributed by atoms with Crippen LogP contribution in [-0.4, -0.2) is 23.1 Å². The van der Waals surface area contributed by atoms with Crippen LogP contribution in [0.5, 0.6) is 0 Å². The van der Waals surface area contributed by atoms with Crippen LogP contribution in [0.25, 0.3) is 6.08 Å². The first kappa shape index (κ1) is 18.0. The molecule has 0 radical (unpaired) electrons. The maximum Gasteiger partial charge on any atom is 0.338 e. The first-order valence-electron chi connectivity index (χ1n) is 8.41. The first-order chi connectivity index (χ1) is 11.6. The van der Waals surface area contributed by atoms with Crippen LogP contribution < -0.4 is 0 Å². The predicted molar refractivity (Wildman–Crippen MR) is 93.7 cm³/mol. The SMILES string of the molecule is C=CCCC1CCC(OC(=O)c2ccc(C=CC(=O)O)cc2)CC1. The lowest BCUT2D eigenvalue weighted by Crippen LogP contribution is -2.24. The maximum absolute atomic E-state index is 12.2. The Bertz CT molecular complexity index is 593. The van der Waals surface area contributed by atoms with E-state index in [4.69, 9.17) is 9.84 Å². The van der Waals surface area contributed by atoms with Crippen LogP contribution in [0.3, 0.4) is 0 Å². The third-order valence-electron chi connectivity index (χ3n) is 4.41. The van der Waals surface area contributed by atoms with Gasteiger partial charge >= 0.3 is 11.9 Å². The molecule has 1 N–H and O–H groups in total. The smallest absolute Gasteiger partial charge is 0.338 e. The molecule has 1 aliphatic rings. The van der Waals surface area contributed by atoms with E-state index in [0.29, 0.717) is 5.56 Å². The second-order valence-corrected chi connectivity index (χ2v) is 6.21. The zero-order chi connectivity index (χ0) is 17.4. The number of benzene rings is 1. The van der Waals surface area contributed by atoms with Gasteiger partial charge in [0.05, 0.1) is 5.56 Å². The summed E-state index contributed by atoms with van der Waals surface area (Å²) >= 11 is 0. The van der Waals surface area contributed by atoms with Crippen molar-refractivity contribution >= 4 is 18.0 Å². The van der Waals surface area contributed by atoms with E-state index in [1.165, 1.54) is 12.5 Å². The second-order valence-electron chi connectivity index (χ2n) is 6.21. The Morgan fingerprint density at radius 3 is 2.42 bits per heavy atom. The molecule has 0 aromatic heterocycles. The summed E-state index contributed by atoms with van der Waals surface area (Å²) in [6, 6.07) is 6.75. The van der Waals surface area contributed by atoms with Crippen LogP contribution in [0.15, 0.2) is 43.0 Å². The van der Waals surface area contributed by atoms with Crippen molar-refractivity contribution in [2.45, 2.75) is 44.6 Å². The summed E-state index contributed by atoms with van der Waals surface area (Å²) in [6.45, 7) is 3.76. The Balaban J connectivity index is 1.82. The summed E-state index contributed by atoms with van der Waals surface area (Å²) in [5, 5.41) is 8.60. The number of carboxylic acids is 1. The molecule has 0 aliphatic heterocycles. The van der Waals surface area contributed by atoms with E-state index < -0.39 is 5.97 Å². The highest BCUT2D eigenvalue weighted by Gasteiger charge is 2.23. The van der Waals surface area contributed by atoms with E-state index in [-0.39, 0.29) is 12.1 Å². The van der Waals surface area contributed by atoms with Crippen molar-refractivity contribution in [1.29, 1.82) is 0 Å². The summed E-state index contributed by atoms with van der Waals surface area (Å²) in [7, 11) is 0. The van der Waals surface area contributed by atoms with Gasteiger partial charge in [0, 0.05) is 6.08 Å². The van der Waals surface area contributed by atoms with Gasteiger partial charge in [0.1, 0.15) is 6.10 Å². The van der Waals surface area contributed by atoms with Crippen LogP contribution in [0.2, 0.25) is 0 Å². The molecule has 0 unspecified atom stereocenters. The molecule has 0 amide bonds. The van der Waals surface area contributed by atoms with Crippen LogP contribution in [0.1, 0.15) is 54.4 Å². The van der Waals surface area contributed by atoms with E-state index in [1.807, 2.05) is 6.08 Å². The number of ether oxygens (including phenoxy) is 1. The van der Waals surface area contributed by atoms with Gasteiger partial charge in [-0.25, -0.2) is 9.59 Å². The Labute approximate surface area is 142 Å². The number of allylic oxidation sites excluding steroid dienone is 1. The number of aliphatic carboxylic acids is 1. The van der Waals surface area contributed by atoms with Crippen molar-refractivity contribution in [2.24, 2.45) is 5.92 Å². The van der Waals surface area contributed by atoms with E-state index in [9.17, 15) is 9.59 Å². The van der Waals surface area contributed by atoms with Crippen LogP contribution in [0.4, 0.5) is 0 Å². The van der Waals surface area contributed by atoms with E-state index in [0.717, 1.165) is 49.7 Å². The first-order valence-corrected chi connectivity index (χ1v) is 8.41. The van der Waals surface area contributed by atoms with E-state index >= 15 is 0 Å². The fraction of sp³-hybridized carbons (Fsp3) is 0.400. The van der Waals surface area contributed by atoms with Gasteiger partial charge in [0.25, 0.3) is 0 Å². The van der Waals surface area contributed by atoms with Gasteiger partial charge in [0.2, 0.25) is 0 Å². The van der Waals surface area contributed by atoms with Gasteiger partial charge in [0.15, 0.2) is 0 Å². The monoisotopic (exact) mass is 328 g/mol. The van der Waals surface area contributed by atoms with Crippen molar-refractivity contribution in [1.82, 2.24) is 0 Å². The average Bonchev–Trinajstić information content (AvgIpc) is 2.59. The molecule has 1 aromatic carbocycles. The Morgan fingerprint density at radius 2 is 1.83 bits per heavy atom. The van der Waals surface area contributed by atoms with Gasteiger partial charge in [-0.1, -0.05) is 18.2 Å². The van der Waals surface area contributed by atoms with Crippen molar-refractivity contribution < 1.29 is 19.4 Å². The molecular formula is C20H24O4. The van der Waals surface area contributed by atoms with Gasteiger partial charge in [-0.2, -0.15) is 0 Å². The van der Waals surface area contributed by atoms with Gasteiger partial charge in [-0.05, 0) is 68.2 Å². The minimum atomic E-state index is -0.998. The molecule has 2 rings (SSSR count). The number of rotatable bonds is 7. The highest BCUT2D eigenvalue weighted by atomic mass is 16.5. The lowest BCUT2D eigenvalue weighted by atomic mass is 9.84. The largest absolute Gasteiger partial charge is 0.478 e. The molecule has 0 atom stereocenters. The molecule has 24 heavy (non-hydrogen) atoms. The molecular weight excluding hydrogens is 304 g/mol. The Morgan fingerprint density at radius 1 is 1.17 bits per heavy atom. The topological polar surface area (TPSA) is 63.6 Å². The molecule has 0 spiro atoms. The summed E-state index contributed by atoms with van der Waals surface area (Å²) < 4.78 is 5.60. The molecule has 1 aliphatic carbocycles. The lowest BCUT2D eigenvalue weighted by molar-refractivity contribution is -0.131. The Kier molecular flexibility index (Phi) is 6.79. The fourth-order valence-electron chi connectivity index (χ4n) is 3.01. The number of esters is 1. The van der Waals surface area contributed by atoms with E-state index in [2.05, 4.69) is 6.58 Å². The van der Waals surface area contributed by atoms with Crippen molar-refractivity contribution in [3.63, 3.8) is 0 Å². The van der Waals surface area contributed by atoms with Crippen molar-refractivity contribution in [3.05, 3.63) is 54.1 Å². The maximum atomic E-state index is 12.2. The standard InChI is InChI=1S/C20H24O4/c1-2-3-4-15-7-12-18(13-8-15)24-20(23)17-10-5-16(6-11-17)9-14-19(21)22/h2,5-6,9-11,14-15,18H,1,3-4,7-8,12-13H2,(H,21,22). The Hall–Kier alpha value is -2.36. The van der Waals surface area contributed by atoms with Gasteiger partial charge in [-0.15, -0.1) is 6.58 Å². The quantitative estimate of drug-likeness (QED) is 0.456. The van der Waals surface area contributed by atoms with Crippen LogP contribution >= 0.6 is 0 Å². The summed E-state index contributed by atoms with van der Waals surface area (Å²) in [5.74, 6) is -0.584. The minimum absolute atomic E-state index is 0.00376.